The molecule has 10 nitrogen and oxygen atoms in total. The number of hydrogen-bond donors (Lipinski definition) is 4. The molecule has 1 saturated carbocycles. The Labute approximate surface area is 252 Å². The van der Waals surface area contributed by atoms with E-state index in [0.29, 0.717) is 31.2 Å². The van der Waals surface area contributed by atoms with Crippen molar-refractivity contribution in [1.29, 1.82) is 0 Å². The van der Waals surface area contributed by atoms with Crippen LogP contribution >= 0.6 is 0 Å². The minimum atomic E-state index is -4.51. The van der Waals surface area contributed by atoms with Gasteiger partial charge in [-0.2, -0.15) is 13.2 Å². The van der Waals surface area contributed by atoms with Gasteiger partial charge in [-0.05, 0) is 54.5 Å². The molecule has 0 heterocycles. The zero-order chi connectivity index (χ0) is 32.1. The van der Waals surface area contributed by atoms with Gasteiger partial charge in [-0.25, -0.2) is 0 Å². The van der Waals surface area contributed by atoms with Crippen LogP contribution in [0.5, 0.6) is 5.75 Å². The van der Waals surface area contributed by atoms with Gasteiger partial charge in [0.2, 0.25) is 5.91 Å². The van der Waals surface area contributed by atoms with Gasteiger partial charge in [0.05, 0.1) is 17.8 Å². The van der Waals surface area contributed by atoms with E-state index in [2.05, 4.69) is 10.2 Å². The average Bonchev–Trinajstić information content (AvgIpc) is 3.25. The van der Waals surface area contributed by atoms with E-state index in [1.54, 1.807) is 30.3 Å². The molecule has 240 valence electrons. The van der Waals surface area contributed by atoms with Crippen LogP contribution in [0.1, 0.15) is 48.8 Å². The van der Waals surface area contributed by atoms with E-state index < -0.39 is 41.1 Å². The van der Waals surface area contributed by atoms with Gasteiger partial charge in [-0.15, -0.1) is 10.1 Å². The lowest BCUT2D eigenvalue weighted by molar-refractivity contribution is -0.763. The maximum atomic E-state index is 12.9. The molecule has 0 unspecified atom stereocenters. The van der Waals surface area contributed by atoms with Crippen molar-refractivity contribution in [2.75, 3.05) is 6.61 Å². The van der Waals surface area contributed by atoms with Crippen LogP contribution in [0.4, 0.5) is 13.2 Å². The number of hydrogen-bond acceptors (Lipinski definition) is 8. The van der Waals surface area contributed by atoms with Crippen LogP contribution < -0.4 is 10.1 Å². The molecular weight excluding hydrogens is 585 g/mol. The Morgan fingerprint density at radius 2 is 1.86 bits per heavy atom. The van der Waals surface area contributed by atoms with Crippen molar-refractivity contribution in [3.63, 3.8) is 0 Å². The van der Waals surface area contributed by atoms with Gasteiger partial charge < -0.3 is 30.2 Å². The highest BCUT2D eigenvalue weighted by Crippen LogP contribution is 2.36. The van der Waals surface area contributed by atoms with E-state index in [0.717, 1.165) is 17.7 Å². The molecule has 3 rings (SSSR count). The molecule has 1 aliphatic carbocycles. The van der Waals surface area contributed by atoms with E-state index in [1.165, 1.54) is 18.2 Å². The van der Waals surface area contributed by atoms with Gasteiger partial charge in [0, 0.05) is 25.3 Å². The predicted octanol–water partition coefficient (Wildman–Crippen LogP) is 4.50. The van der Waals surface area contributed by atoms with Crippen molar-refractivity contribution in [1.82, 2.24) is 5.32 Å². The zero-order valence-electron chi connectivity index (χ0n) is 23.9. The molecule has 2 aromatic carbocycles. The number of carbonyl (C=O) groups excluding carboxylic acids is 1. The van der Waals surface area contributed by atoms with Gasteiger partial charge in [-0.1, -0.05) is 54.6 Å². The third-order valence-corrected chi connectivity index (χ3v) is 7.22. The Kier molecular flexibility index (Phi) is 13.2. The maximum absolute atomic E-state index is 12.9. The Hall–Kier alpha value is -3.94. The smallest absolute Gasteiger partial charge is 0.416 e. The van der Waals surface area contributed by atoms with Crippen molar-refractivity contribution in [3.8, 4) is 5.75 Å². The summed E-state index contributed by atoms with van der Waals surface area (Å²) in [5, 5.41) is 43.4. The quantitative estimate of drug-likeness (QED) is 0.0925. The summed E-state index contributed by atoms with van der Waals surface area (Å²) in [6.45, 7) is -0.172. The largest absolute Gasteiger partial charge is 0.491 e. The molecule has 1 amide bonds. The fourth-order valence-corrected chi connectivity index (χ4v) is 4.96. The highest BCUT2D eigenvalue weighted by atomic mass is 19.4. The van der Waals surface area contributed by atoms with E-state index in [-0.39, 0.29) is 43.8 Å². The summed E-state index contributed by atoms with van der Waals surface area (Å²) in [7, 11) is 0. The van der Waals surface area contributed by atoms with Crippen LogP contribution in [-0.2, 0) is 29.0 Å². The summed E-state index contributed by atoms with van der Waals surface area (Å²) >= 11 is 0. The molecule has 0 aliphatic heterocycles. The highest BCUT2D eigenvalue weighted by molar-refractivity contribution is 5.75. The Morgan fingerprint density at radius 3 is 2.61 bits per heavy atom. The normalized spacial score (nSPS) is 21.0. The van der Waals surface area contributed by atoms with Gasteiger partial charge in [0.15, 0.2) is 0 Å². The molecule has 0 spiro atoms. The Bertz CT molecular complexity index is 1290. The lowest BCUT2D eigenvalue weighted by atomic mass is 9.89. The summed E-state index contributed by atoms with van der Waals surface area (Å²) in [5.74, 6) is -0.908. The number of halogens is 3. The van der Waals surface area contributed by atoms with Crippen molar-refractivity contribution in [2.45, 2.75) is 69.7 Å². The first-order chi connectivity index (χ1) is 20.9. The van der Waals surface area contributed by atoms with E-state index >= 15 is 0 Å². The van der Waals surface area contributed by atoms with Gasteiger partial charge in [0.1, 0.15) is 25.1 Å². The van der Waals surface area contributed by atoms with Crippen LogP contribution in [0, 0.1) is 22.0 Å². The summed E-state index contributed by atoms with van der Waals surface area (Å²) in [6, 6.07) is 11.3. The molecule has 0 aromatic heterocycles. The van der Waals surface area contributed by atoms with E-state index in [4.69, 9.17) is 4.74 Å². The summed E-state index contributed by atoms with van der Waals surface area (Å²) in [4.78, 5) is 26.9. The number of allylic oxidation sites excluding steroid dienone is 2. The number of aliphatic hydroxyl groups excluding tert-OH is 3. The minimum absolute atomic E-state index is 0.0307. The fraction of sp³-hybridized carbons (Fsp3) is 0.452. The number of nitrogens with one attached hydrogen (secondary N) is 1. The first kappa shape index (κ1) is 34.5. The number of unbranched alkanes of at least 4 members (excludes halogenated alkanes) is 1. The number of aliphatic hydroxyl groups is 3. The van der Waals surface area contributed by atoms with Crippen molar-refractivity contribution in [3.05, 3.63) is 99.6 Å². The van der Waals surface area contributed by atoms with Crippen LogP contribution in [0.2, 0.25) is 0 Å². The predicted molar refractivity (Wildman–Crippen MR) is 153 cm³/mol. The SMILES string of the molecule is O=C(CCC/C=C\C[C@@H]1[C@@H](/C=C/[C@@H](O)COc2cccc(C(F)(F)F)c2)[C@H](O)C[C@@H]1O)NCc1cccc(CO[N+](=O)[O-])c1. The van der Waals surface area contributed by atoms with Crippen LogP contribution in [0.25, 0.3) is 0 Å². The van der Waals surface area contributed by atoms with Crippen LogP contribution in [0.3, 0.4) is 0 Å². The lowest BCUT2D eigenvalue weighted by Crippen LogP contribution is -2.22. The molecule has 4 N–H and O–H groups in total. The number of carbonyl (C=O) groups is 1. The molecule has 1 aliphatic rings. The molecule has 0 radical (unpaired) electrons. The van der Waals surface area contributed by atoms with Gasteiger partial charge in [-0.3, -0.25) is 4.79 Å². The Morgan fingerprint density at radius 1 is 1.11 bits per heavy atom. The zero-order valence-corrected chi connectivity index (χ0v) is 23.9. The van der Waals surface area contributed by atoms with E-state index in [9.17, 15) is 43.4 Å². The van der Waals surface area contributed by atoms with Crippen LogP contribution in [0.15, 0.2) is 72.8 Å². The van der Waals surface area contributed by atoms with Crippen molar-refractivity contribution < 1.29 is 47.9 Å². The highest BCUT2D eigenvalue weighted by Gasteiger charge is 2.39. The second-order valence-corrected chi connectivity index (χ2v) is 10.6. The second kappa shape index (κ2) is 16.8. The lowest BCUT2D eigenvalue weighted by Gasteiger charge is -2.19. The number of alkyl halides is 3. The number of amides is 1. The maximum Gasteiger partial charge on any atom is 0.416 e. The monoisotopic (exact) mass is 622 g/mol. The summed E-state index contributed by atoms with van der Waals surface area (Å²) in [6.07, 6.45) is 1.75. The fourth-order valence-electron chi connectivity index (χ4n) is 4.96. The molecule has 44 heavy (non-hydrogen) atoms. The molecule has 2 aromatic rings. The first-order valence-corrected chi connectivity index (χ1v) is 14.2. The minimum Gasteiger partial charge on any atom is -0.491 e. The molecule has 0 saturated heterocycles. The first-order valence-electron chi connectivity index (χ1n) is 14.2. The third kappa shape index (κ3) is 11.6. The molecule has 1 fully saturated rings. The van der Waals surface area contributed by atoms with E-state index in [1.807, 2.05) is 12.2 Å². The Balaban J connectivity index is 1.38. The number of nitrogens with zero attached hydrogens (tertiary/aromatic N) is 1. The molecule has 0 bridgehead atoms. The standard InChI is InChI=1S/C31H37F3N2O8/c32-31(33,34)23-9-6-10-25(16-23)43-20-24(37)13-14-27-26(28(38)17-29(27)39)11-3-1-2-4-12-30(40)35-18-21-7-5-8-22(15-21)19-44-36(41)42/h1,3,5-10,13-16,24,26-29,37-39H,2,4,11-12,17-20H2,(H,35,40)/b3-1-,14-13+/t24-,26-,27-,28+,29-/m1/s1. The van der Waals surface area contributed by atoms with Crippen molar-refractivity contribution >= 4 is 5.91 Å². The molecule has 13 heteroatoms. The van der Waals surface area contributed by atoms with Crippen molar-refractivity contribution in [2.24, 2.45) is 11.8 Å². The molecular formula is C31H37F3N2O8. The molecule has 5 atom stereocenters. The summed E-state index contributed by atoms with van der Waals surface area (Å²) < 4.78 is 43.9. The topological polar surface area (TPSA) is 151 Å². The van der Waals surface area contributed by atoms with Gasteiger partial charge >= 0.3 is 6.18 Å². The average molecular weight is 623 g/mol. The van der Waals surface area contributed by atoms with Gasteiger partial charge in [0.25, 0.3) is 5.09 Å². The third-order valence-electron chi connectivity index (χ3n) is 7.22. The second-order valence-electron chi connectivity index (χ2n) is 10.6. The summed E-state index contributed by atoms with van der Waals surface area (Å²) in [5.41, 5.74) is 0.556. The number of rotatable bonds is 16. The number of benzene rings is 2. The van der Waals surface area contributed by atoms with Crippen LogP contribution in [-0.4, -0.2) is 51.2 Å². The number of ether oxygens (including phenoxy) is 1.